The molecule has 1 aliphatic heterocycles. The van der Waals surface area contributed by atoms with Crippen molar-refractivity contribution in [2.45, 2.75) is 109 Å². The van der Waals surface area contributed by atoms with Gasteiger partial charge in [0.05, 0.1) is 31.5 Å². The zero-order valence-electron chi connectivity index (χ0n) is 34.8. The van der Waals surface area contributed by atoms with Gasteiger partial charge in [-0.1, -0.05) is 76.0 Å². The molecule has 2 N–H and O–H groups in total. The van der Waals surface area contributed by atoms with Gasteiger partial charge in [0.1, 0.15) is 24.1 Å². The number of oxime groups is 1. The average Bonchev–Trinajstić information content (AvgIpc) is 3.20. The van der Waals surface area contributed by atoms with E-state index in [1.807, 2.05) is 58.0 Å². The summed E-state index contributed by atoms with van der Waals surface area (Å²) < 4.78 is 26.8. The molecule has 314 valence electrons. The van der Waals surface area contributed by atoms with E-state index in [4.69, 9.17) is 28.9 Å². The van der Waals surface area contributed by atoms with Crippen molar-refractivity contribution in [1.29, 1.82) is 0 Å². The minimum atomic E-state index is -1.32. The second-order valence-electron chi connectivity index (χ2n) is 16.5. The molecule has 0 radical (unpaired) electrons. The number of amides is 1. The average molecular weight is 807 g/mol. The first-order valence-electron chi connectivity index (χ1n) is 21.0. The van der Waals surface area contributed by atoms with Crippen LogP contribution in [0.3, 0.4) is 0 Å². The largest absolute Gasteiger partial charge is 0.493 e. The maximum Gasteiger partial charge on any atom is 0.410 e. The Bertz CT molecular complexity index is 1640. The maximum absolute atomic E-state index is 14.3. The van der Waals surface area contributed by atoms with Gasteiger partial charge in [0.25, 0.3) is 0 Å². The van der Waals surface area contributed by atoms with E-state index in [9.17, 15) is 15.0 Å². The number of allylic oxidation sites excluding steroid dienone is 1. The third-order valence-electron chi connectivity index (χ3n) is 11.0. The first-order valence-corrected chi connectivity index (χ1v) is 22.0. The van der Waals surface area contributed by atoms with Crippen molar-refractivity contribution >= 4 is 23.6 Å². The quantitative estimate of drug-likeness (QED) is 0.0519. The highest BCUT2D eigenvalue weighted by atomic mass is 32.2. The fourth-order valence-corrected chi connectivity index (χ4v) is 9.44. The molecule has 0 aromatic heterocycles. The van der Waals surface area contributed by atoms with Crippen LogP contribution in [-0.4, -0.2) is 90.7 Å². The summed E-state index contributed by atoms with van der Waals surface area (Å²) in [6.07, 6.45) is 9.58. The predicted molar refractivity (Wildman–Crippen MR) is 227 cm³/mol. The van der Waals surface area contributed by atoms with E-state index < -0.39 is 17.9 Å². The number of hydrogen-bond donors (Lipinski definition) is 2. The number of benzene rings is 2. The second-order valence-corrected chi connectivity index (χ2v) is 17.7. The van der Waals surface area contributed by atoms with Crippen LogP contribution in [0.25, 0.3) is 0 Å². The number of fused-ring (bicyclic) bond motifs is 2. The molecule has 2 aliphatic carbocycles. The molecule has 1 saturated carbocycles. The Balaban J connectivity index is 1.67. The molecular weight excluding hydrogens is 741 g/mol. The number of aliphatic hydroxyl groups excluding tert-OH is 2. The van der Waals surface area contributed by atoms with Gasteiger partial charge in [-0.25, -0.2) is 4.79 Å². The SMILES string of the molecule is C=CCO[C@@]12Oc3ccc(OCCSc4ccccc4)cc3[C@H]3[C@H](CCCCO)[C@@H](CCCCO)C=C(C(=NOCC)C[C@@H]1N(CCC)C(=O)OCC(C)(C)C)[C@H]32. The summed E-state index contributed by atoms with van der Waals surface area (Å²) >= 11 is 1.76. The molecule has 0 saturated heterocycles. The molecule has 1 fully saturated rings. The summed E-state index contributed by atoms with van der Waals surface area (Å²) in [6.45, 7) is 16.2. The molecule has 1 heterocycles. The van der Waals surface area contributed by atoms with E-state index in [1.54, 1.807) is 22.7 Å². The van der Waals surface area contributed by atoms with Crippen molar-refractivity contribution in [3.63, 3.8) is 0 Å². The molecule has 0 spiro atoms. The molecular formula is C46H66N2O8S. The number of hydrogen-bond acceptors (Lipinski definition) is 10. The number of thioether (sulfide) groups is 1. The Morgan fingerprint density at radius 3 is 2.51 bits per heavy atom. The molecule has 3 aliphatic rings. The van der Waals surface area contributed by atoms with E-state index >= 15 is 0 Å². The highest BCUT2D eigenvalue weighted by molar-refractivity contribution is 7.99. The molecule has 57 heavy (non-hydrogen) atoms. The summed E-state index contributed by atoms with van der Waals surface area (Å²) in [5, 5.41) is 24.5. The fraction of sp³-hybridized carbons (Fsp3) is 0.609. The molecule has 6 atom stereocenters. The maximum atomic E-state index is 14.3. The van der Waals surface area contributed by atoms with Crippen molar-refractivity contribution in [2.75, 3.05) is 51.9 Å². The molecule has 10 nitrogen and oxygen atoms in total. The van der Waals surface area contributed by atoms with Crippen LogP contribution in [0, 0.1) is 23.2 Å². The highest BCUT2D eigenvalue weighted by Crippen LogP contribution is 2.62. The van der Waals surface area contributed by atoms with Crippen LogP contribution < -0.4 is 9.47 Å². The van der Waals surface area contributed by atoms with Crippen molar-refractivity contribution in [3.05, 3.63) is 78.4 Å². The van der Waals surface area contributed by atoms with Gasteiger partial charge in [0.2, 0.25) is 5.79 Å². The lowest BCUT2D eigenvalue weighted by atomic mass is 9.55. The number of nitrogens with zero attached hydrogens (tertiary/aromatic N) is 2. The molecule has 2 aromatic carbocycles. The zero-order chi connectivity index (χ0) is 40.8. The third kappa shape index (κ3) is 11.2. The Morgan fingerprint density at radius 2 is 1.82 bits per heavy atom. The molecule has 2 aromatic rings. The van der Waals surface area contributed by atoms with Gasteiger partial charge in [0.15, 0.2) is 0 Å². The molecule has 0 bridgehead atoms. The third-order valence-corrected chi connectivity index (χ3v) is 12.0. The number of ether oxygens (including phenoxy) is 4. The van der Waals surface area contributed by atoms with E-state index in [-0.39, 0.29) is 55.5 Å². The first-order chi connectivity index (χ1) is 27.6. The lowest BCUT2D eigenvalue weighted by molar-refractivity contribution is -0.255. The van der Waals surface area contributed by atoms with E-state index in [2.05, 4.69) is 37.8 Å². The van der Waals surface area contributed by atoms with Crippen LogP contribution in [0.5, 0.6) is 11.5 Å². The first kappa shape index (κ1) is 44.6. The van der Waals surface area contributed by atoms with Crippen LogP contribution in [0.1, 0.15) is 97.5 Å². The molecule has 11 heteroatoms. The van der Waals surface area contributed by atoms with Crippen molar-refractivity contribution in [3.8, 4) is 11.5 Å². The van der Waals surface area contributed by atoms with Gasteiger partial charge in [0, 0.05) is 48.3 Å². The summed E-state index contributed by atoms with van der Waals surface area (Å²) in [6, 6.07) is 15.8. The number of carbonyl (C=O) groups excluding carboxylic acids is 1. The fourth-order valence-electron chi connectivity index (χ4n) is 8.69. The van der Waals surface area contributed by atoms with Gasteiger partial charge in [-0.2, -0.15) is 0 Å². The Morgan fingerprint density at radius 1 is 1.07 bits per heavy atom. The Labute approximate surface area is 345 Å². The van der Waals surface area contributed by atoms with Crippen molar-refractivity contribution in [2.24, 2.45) is 28.3 Å². The van der Waals surface area contributed by atoms with Gasteiger partial charge in [-0.3, -0.25) is 4.90 Å². The van der Waals surface area contributed by atoms with E-state index in [0.717, 1.165) is 54.0 Å². The lowest BCUT2D eigenvalue weighted by Gasteiger charge is -2.60. The minimum Gasteiger partial charge on any atom is -0.493 e. The second kappa shape index (κ2) is 21.5. The number of aliphatic hydroxyl groups is 2. The van der Waals surface area contributed by atoms with Crippen LogP contribution in [0.2, 0.25) is 0 Å². The smallest absolute Gasteiger partial charge is 0.410 e. The number of carbonyl (C=O) groups is 1. The van der Waals surface area contributed by atoms with E-state index in [1.165, 1.54) is 4.90 Å². The monoisotopic (exact) mass is 806 g/mol. The predicted octanol–water partition coefficient (Wildman–Crippen LogP) is 9.41. The van der Waals surface area contributed by atoms with Gasteiger partial charge >= 0.3 is 6.09 Å². The summed E-state index contributed by atoms with van der Waals surface area (Å²) in [5.74, 6) is 0.708. The van der Waals surface area contributed by atoms with Crippen LogP contribution in [0.15, 0.2) is 82.9 Å². The molecule has 0 unspecified atom stereocenters. The Kier molecular flexibility index (Phi) is 16.8. The Hall–Kier alpha value is -3.51. The van der Waals surface area contributed by atoms with Crippen LogP contribution >= 0.6 is 11.8 Å². The van der Waals surface area contributed by atoms with E-state index in [0.29, 0.717) is 51.2 Å². The number of unbranched alkanes of at least 4 members (excludes halogenated alkanes) is 2. The standard InChI is InChI=1S/C46H66N2O8S/c1-7-23-48(44(51)53-32-45(4,5)6)41-31-39(47-55-9-3)37-29-33(17-13-15-24-49)36(20-14-16-25-50)42-38-30-34(52-27-28-57-35-18-11-10-12-19-35)21-22-40(38)56-46(41,43(37)42)54-26-8-2/h8,10-12,18-19,21-22,29-30,33,36,41-43,49-50H,2,7,9,13-17,20,23-28,31-32H2,1,3-6H3/t33-,36+,41-,42+,43+,46+/m0/s1. The van der Waals surface area contributed by atoms with Gasteiger partial charge < -0.3 is 34.0 Å². The summed E-state index contributed by atoms with van der Waals surface area (Å²) in [7, 11) is 0. The van der Waals surface area contributed by atoms with Gasteiger partial charge in [-0.15, -0.1) is 18.3 Å². The lowest BCUT2D eigenvalue weighted by Crippen LogP contribution is -2.70. The minimum absolute atomic E-state index is 0.123. The number of rotatable bonds is 22. The van der Waals surface area contributed by atoms with Crippen molar-refractivity contribution < 1.29 is 38.8 Å². The zero-order valence-corrected chi connectivity index (χ0v) is 35.6. The molecule has 1 amide bonds. The van der Waals surface area contributed by atoms with Crippen LogP contribution in [0.4, 0.5) is 4.79 Å². The summed E-state index contributed by atoms with van der Waals surface area (Å²) in [5.41, 5.74) is 2.59. The van der Waals surface area contributed by atoms with Crippen molar-refractivity contribution in [1.82, 2.24) is 4.90 Å². The normalized spacial score (nSPS) is 24.4. The molecule has 5 rings (SSSR count). The highest BCUT2D eigenvalue weighted by Gasteiger charge is 2.65. The van der Waals surface area contributed by atoms with Gasteiger partial charge in [-0.05, 0) is 92.2 Å². The summed E-state index contributed by atoms with van der Waals surface area (Å²) in [4.78, 5) is 23.1. The van der Waals surface area contributed by atoms with Crippen LogP contribution in [-0.2, 0) is 14.3 Å². The topological polar surface area (TPSA) is 119 Å².